The molecule has 5 fully saturated rings. The first-order valence-corrected chi connectivity index (χ1v) is 27.1. The van der Waals surface area contributed by atoms with Gasteiger partial charge >= 0.3 is 29.7 Å². The molecule has 412 valence electrons. The fourth-order valence-corrected chi connectivity index (χ4v) is 10.7. The highest BCUT2D eigenvalue weighted by Gasteiger charge is 2.37. The fourth-order valence-electron chi connectivity index (χ4n) is 10.7. The highest BCUT2D eigenvalue weighted by Crippen LogP contribution is 2.42. The van der Waals surface area contributed by atoms with Gasteiger partial charge in [0.15, 0.2) is 0 Å². The van der Waals surface area contributed by atoms with E-state index < -0.39 is 35.8 Å². The van der Waals surface area contributed by atoms with Gasteiger partial charge in [-0.2, -0.15) is 0 Å². The molecule has 6 atom stereocenters. The number of aliphatic hydroxyl groups excluding tert-OH is 1. The van der Waals surface area contributed by atoms with Crippen molar-refractivity contribution in [3.8, 4) is 0 Å². The smallest absolute Gasteiger partial charge is 0.394 e. The number of hydrogen-bond donors (Lipinski definition) is 4. The summed E-state index contributed by atoms with van der Waals surface area (Å²) in [5, 5.41) is 26.8. The van der Waals surface area contributed by atoms with Gasteiger partial charge in [0.2, 0.25) is 0 Å². The Hall–Kier alpha value is -3.55. The van der Waals surface area contributed by atoms with E-state index in [1.54, 1.807) is 18.7 Å². The Morgan fingerprint density at radius 1 is 0.465 bits per heavy atom. The number of primary amides is 1. The molecule has 71 heavy (non-hydrogen) atoms. The first-order chi connectivity index (χ1) is 32.3. The van der Waals surface area contributed by atoms with Gasteiger partial charge in [0, 0.05) is 45.2 Å². The first-order valence-electron chi connectivity index (χ1n) is 27.1. The number of rotatable bonds is 3. The van der Waals surface area contributed by atoms with Crippen LogP contribution in [0, 0.1) is 68.5 Å². The Labute approximate surface area is 430 Å². The van der Waals surface area contributed by atoms with Crippen LogP contribution in [0.2, 0.25) is 0 Å². The van der Waals surface area contributed by atoms with E-state index in [1.165, 1.54) is 30.6 Å². The normalized spacial score (nSPS) is 25.9. The molecule has 0 bridgehead atoms. The minimum Gasteiger partial charge on any atom is -0.481 e. The molecule has 0 aromatic heterocycles. The lowest BCUT2D eigenvalue weighted by Crippen LogP contribution is -2.48. The molecule has 2 saturated carbocycles. The van der Waals surface area contributed by atoms with E-state index in [0.717, 1.165) is 83.2 Å². The Morgan fingerprint density at radius 2 is 0.817 bits per heavy atom. The number of piperidine rings is 3. The summed E-state index contributed by atoms with van der Waals surface area (Å²) in [7, 11) is 0. The molecule has 3 saturated heterocycles. The summed E-state index contributed by atoms with van der Waals surface area (Å²) in [5.41, 5.74) is 6.26. The third-order valence-electron chi connectivity index (χ3n) is 16.4. The van der Waals surface area contributed by atoms with Crippen molar-refractivity contribution in [3.63, 3.8) is 0 Å². The van der Waals surface area contributed by atoms with Gasteiger partial charge in [0.25, 0.3) is 5.91 Å². The van der Waals surface area contributed by atoms with Crippen molar-refractivity contribution in [1.82, 2.24) is 14.7 Å². The number of carbonyl (C=O) groups excluding carboxylic acids is 5. The van der Waals surface area contributed by atoms with Crippen molar-refractivity contribution in [2.75, 3.05) is 39.3 Å². The molecule has 5 aliphatic rings. The molecule has 3 aliphatic heterocycles. The van der Waals surface area contributed by atoms with E-state index in [1.807, 2.05) is 4.90 Å². The number of ketones is 1. The third-order valence-corrected chi connectivity index (χ3v) is 16.4. The average Bonchev–Trinajstić information content (AvgIpc) is 3.27. The molecule has 5 N–H and O–H groups in total. The van der Waals surface area contributed by atoms with Crippen LogP contribution in [-0.2, 0) is 33.6 Å². The van der Waals surface area contributed by atoms with Gasteiger partial charge in [-0.3, -0.25) is 28.8 Å². The zero-order chi connectivity index (χ0) is 55.0. The van der Waals surface area contributed by atoms with Crippen LogP contribution in [0.3, 0.4) is 0 Å². The number of aliphatic carboxylic acids is 2. The van der Waals surface area contributed by atoms with Gasteiger partial charge in [0.1, 0.15) is 11.9 Å². The molecular weight excluding hydrogens is 901 g/mol. The molecule has 0 aromatic rings. The predicted octanol–water partition coefficient (Wildman–Crippen LogP) is 10.1. The third kappa shape index (κ3) is 23.5. The summed E-state index contributed by atoms with van der Waals surface area (Å²) in [6.45, 7) is 40.5. The summed E-state index contributed by atoms with van der Waals surface area (Å²) in [4.78, 5) is 82.6. The zero-order valence-electron chi connectivity index (χ0n) is 47.9. The van der Waals surface area contributed by atoms with Crippen molar-refractivity contribution in [2.45, 2.75) is 214 Å². The maximum Gasteiger partial charge on any atom is 0.394 e. The average molecular weight is 1010 g/mol. The molecule has 3 heterocycles. The van der Waals surface area contributed by atoms with Crippen molar-refractivity contribution >= 4 is 41.4 Å². The standard InChI is InChI=1S/C12H23NO2.C12H22O.C11H20N2O2.C11H19NO3.C11H20O2/c1-9(14)11(15)13-7-5-6-10(8-13)12(2,3)4;1-9(13)10-5-7-11(8-6-10)12(2,3)4;1-11(2,3)8-5-4-6-13(7-8)10(15)9(12)14;1-11(2,3)8-5-4-6-12(7-8)9(13)10(14)15;1-11(2,3)9-6-4-5-8(7-9)10(12)13/h9-10,14H,5-8H2,1-4H3;10-11H,5-8H2,1-4H3;8H,4-7H2,1-3H3,(H2,12,14);8H,4-7H2,1-3H3,(H,14,15);8-9H,4-7H2,1-3H3,(H,12,13). The van der Waals surface area contributed by atoms with E-state index >= 15 is 0 Å². The highest BCUT2D eigenvalue weighted by molar-refractivity contribution is 6.34. The van der Waals surface area contributed by atoms with Crippen LogP contribution in [0.5, 0.6) is 0 Å². The molecule has 2 aliphatic carbocycles. The van der Waals surface area contributed by atoms with Crippen molar-refractivity contribution in [3.05, 3.63) is 0 Å². The summed E-state index contributed by atoms with van der Waals surface area (Å²) in [6, 6.07) is 0. The lowest BCUT2D eigenvalue weighted by molar-refractivity contribution is -0.157. The fraction of sp³-hybridized carbons (Fsp3) is 0.877. The van der Waals surface area contributed by atoms with Crippen LogP contribution < -0.4 is 5.73 Å². The number of carbonyl (C=O) groups is 7. The molecule has 14 nitrogen and oxygen atoms in total. The molecule has 0 spiro atoms. The van der Waals surface area contributed by atoms with Crippen LogP contribution in [-0.4, -0.2) is 117 Å². The maximum atomic E-state index is 11.6. The minimum absolute atomic E-state index is 0.0852. The predicted molar refractivity (Wildman–Crippen MR) is 283 cm³/mol. The Balaban J connectivity index is 0.000000444. The monoisotopic (exact) mass is 1000 g/mol. The van der Waals surface area contributed by atoms with Gasteiger partial charge in [-0.05, 0) is 154 Å². The van der Waals surface area contributed by atoms with Crippen LogP contribution in [0.1, 0.15) is 208 Å². The lowest BCUT2D eigenvalue weighted by atomic mass is 9.69. The molecule has 0 aromatic carbocycles. The van der Waals surface area contributed by atoms with E-state index in [9.17, 15) is 38.7 Å². The molecular formula is C57H104N4O10. The van der Waals surface area contributed by atoms with Gasteiger partial charge < -0.3 is 35.8 Å². The molecule has 4 amide bonds. The van der Waals surface area contributed by atoms with E-state index in [4.69, 9.17) is 15.9 Å². The Kier molecular flexibility index (Phi) is 26.0. The number of likely N-dealkylation sites (tertiary alicyclic amines) is 3. The largest absolute Gasteiger partial charge is 0.481 e. The number of aliphatic hydroxyl groups is 1. The SMILES string of the molecule is CC(=O)C1CCC(C(C)(C)C)CC1.CC(C)(C)C1CCCC(C(=O)O)C1.CC(C)(C)C1CCCN(C(=O)C(=O)O)C1.CC(C)(C)C1CCCN(C(=O)C(N)=O)C1.CC(O)C(=O)N1CCCC(C(C)(C)C)C1. The second-order valence-electron chi connectivity index (χ2n) is 27.0. The summed E-state index contributed by atoms with van der Waals surface area (Å²) < 4.78 is 0. The number of carboxylic acids is 2. The number of Topliss-reactive ketones (excluding diaryl/α,β-unsaturated/α-hetero) is 1. The van der Waals surface area contributed by atoms with Crippen molar-refractivity contribution < 1.29 is 48.9 Å². The quantitative estimate of drug-likeness (QED) is 0.196. The van der Waals surface area contributed by atoms with Gasteiger partial charge in [-0.25, -0.2) is 4.79 Å². The van der Waals surface area contributed by atoms with Gasteiger partial charge in [-0.1, -0.05) is 110 Å². The van der Waals surface area contributed by atoms with Crippen LogP contribution in [0.15, 0.2) is 0 Å². The van der Waals surface area contributed by atoms with Crippen LogP contribution >= 0.6 is 0 Å². The number of hydrogen-bond acceptors (Lipinski definition) is 8. The van der Waals surface area contributed by atoms with Crippen molar-refractivity contribution in [2.24, 2.45) is 74.2 Å². The topological polar surface area (TPSA) is 216 Å². The van der Waals surface area contributed by atoms with Crippen LogP contribution in [0.25, 0.3) is 0 Å². The number of nitrogens with two attached hydrogens (primary N) is 1. The summed E-state index contributed by atoms with van der Waals surface area (Å²) in [6.07, 6.45) is 14.2. The van der Waals surface area contributed by atoms with E-state index in [-0.39, 0.29) is 33.5 Å². The lowest BCUT2D eigenvalue weighted by Gasteiger charge is -2.40. The van der Waals surface area contributed by atoms with E-state index in [2.05, 4.69) is 104 Å². The Bertz CT molecular complexity index is 1660. The number of carboxylic acid groups (broad SMARTS) is 2. The maximum absolute atomic E-state index is 11.6. The Morgan fingerprint density at radius 3 is 1.14 bits per heavy atom. The number of nitrogens with zero attached hydrogens (tertiary/aromatic N) is 3. The van der Waals surface area contributed by atoms with Gasteiger partial charge in [0.05, 0.1) is 5.92 Å². The number of amides is 4. The van der Waals surface area contributed by atoms with Crippen LogP contribution in [0.4, 0.5) is 0 Å². The molecule has 0 radical (unpaired) electrons. The molecule has 14 heteroatoms. The van der Waals surface area contributed by atoms with Crippen molar-refractivity contribution in [1.29, 1.82) is 0 Å². The second-order valence-corrected chi connectivity index (χ2v) is 27.0. The molecule has 5 rings (SSSR count). The van der Waals surface area contributed by atoms with Gasteiger partial charge in [-0.15, -0.1) is 0 Å². The summed E-state index contributed by atoms with van der Waals surface area (Å²) in [5.74, 6) is -0.715. The highest BCUT2D eigenvalue weighted by atomic mass is 16.4. The molecule has 6 unspecified atom stereocenters. The van der Waals surface area contributed by atoms with E-state index in [0.29, 0.717) is 67.0 Å². The zero-order valence-corrected chi connectivity index (χ0v) is 47.9. The summed E-state index contributed by atoms with van der Waals surface area (Å²) >= 11 is 0. The second kappa shape index (κ2) is 28.2. The first kappa shape index (κ1) is 65.5. The minimum atomic E-state index is -1.34.